The molecule has 0 bridgehead atoms. The Bertz CT molecular complexity index is 641. The smallest absolute Gasteiger partial charge is 0.166 e. The summed E-state index contributed by atoms with van der Waals surface area (Å²) in [4.78, 5) is 2.51. The maximum Gasteiger partial charge on any atom is 0.166 e. The van der Waals surface area contributed by atoms with Gasteiger partial charge < -0.3 is 10.6 Å². The van der Waals surface area contributed by atoms with Crippen molar-refractivity contribution in [1.82, 2.24) is 10.2 Å². The Balaban J connectivity index is 2.15. The first kappa shape index (κ1) is 12.0. The predicted octanol–water partition coefficient (Wildman–Crippen LogP) is 2.19. The molecule has 1 aliphatic heterocycles. The summed E-state index contributed by atoms with van der Waals surface area (Å²) in [5.41, 5.74) is 9.03. The van der Waals surface area contributed by atoms with Crippen LogP contribution in [0, 0.1) is 0 Å². The number of para-hydroxylation sites is 1. The molecule has 2 aromatic rings. The van der Waals surface area contributed by atoms with E-state index in [4.69, 9.17) is 18.0 Å². The standard InChI is InChI=1S/C14H14N4S/c1-9-8-10-4-2-3-5-12(10)18(9)14-11(13(15)19)6-7-16-17-14/h2-7,9H,8H2,1H3,(H2,15,19). The van der Waals surface area contributed by atoms with Crippen LogP contribution in [-0.4, -0.2) is 21.2 Å². The lowest BCUT2D eigenvalue weighted by Gasteiger charge is -2.25. The molecule has 0 amide bonds. The van der Waals surface area contributed by atoms with Crippen LogP contribution in [0.4, 0.5) is 11.5 Å². The minimum atomic E-state index is 0.321. The first-order chi connectivity index (χ1) is 9.18. The monoisotopic (exact) mass is 270 g/mol. The third kappa shape index (κ3) is 1.96. The number of hydrogen-bond donors (Lipinski definition) is 1. The summed E-state index contributed by atoms with van der Waals surface area (Å²) in [5, 5.41) is 8.21. The van der Waals surface area contributed by atoms with E-state index in [1.807, 2.05) is 12.1 Å². The van der Waals surface area contributed by atoms with Crippen LogP contribution < -0.4 is 10.6 Å². The highest BCUT2D eigenvalue weighted by Crippen LogP contribution is 2.38. The molecule has 19 heavy (non-hydrogen) atoms. The van der Waals surface area contributed by atoms with Crippen molar-refractivity contribution in [3.05, 3.63) is 47.7 Å². The van der Waals surface area contributed by atoms with Crippen molar-refractivity contribution in [3.63, 3.8) is 0 Å². The van der Waals surface area contributed by atoms with E-state index < -0.39 is 0 Å². The molecular weight excluding hydrogens is 256 g/mol. The van der Waals surface area contributed by atoms with Crippen molar-refractivity contribution >= 4 is 28.7 Å². The van der Waals surface area contributed by atoms with Crippen LogP contribution in [0.5, 0.6) is 0 Å². The van der Waals surface area contributed by atoms with E-state index in [0.29, 0.717) is 11.0 Å². The predicted molar refractivity (Wildman–Crippen MR) is 79.7 cm³/mol. The van der Waals surface area contributed by atoms with Crippen molar-refractivity contribution in [2.24, 2.45) is 5.73 Å². The molecule has 3 rings (SSSR count). The molecular formula is C14H14N4S. The molecule has 0 spiro atoms. The van der Waals surface area contributed by atoms with Crippen LogP contribution >= 0.6 is 12.2 Å². The van der Waals surface area contributed by atoms with Gasteiger partial charge in [0.05, 0.1) is 11.8 Å². The van der Waals surface area contributed by atoms with Gasteiger partial charge in [0, 0.05) is 11.7 Å². The minimum absolute atomic E-state index is 0.321. The quantitative estimate of drug-likeness (QED) is 0.848. The van der Waals surface area contributed by atoms with Crippen LogP contribution in [0.3, 0.4) is 0 Å². The number of nitrogens with two attached hydrogens (primary N) is 1. The number of aromatic nitrogens is 2. The van der Waals surface area contributed by atoms with E-state index in [9.17, 15) is 0 Å². The maximum atomic E-state index is 5.78. The van der Waals surface area contributed by atoms with Crippen molar-refractivity contribution < 1.29 is 0 Å². The molecule has 2 N–H and O–H groups in total. The third-order valence-corrected chi connectivity index (χ3v) is 3.62. The highest BCUT2D eigenvalue weighted by atomic mass is 32.1. The summed E-state index contributed by atoms with van der Waals surface area (Å²) in [6, 6.07) is 10.5. The number of fused-ring (bicyclic) bond motifs is 1. The van der Waals surface area contributed by atoms with Crippen molar-refractivity contribution in [1.29, 1.82) is 0 Å². The topological polar surface area (TPSA) is 55.0 Å². The highest BCUT2D eigenvalue weighted by molar-refractivity contribution is 7.80. The van der Waals surface area contributed by atoms with E-state index in [0.717, 1.165) is 23.5 Å². The van der Waals surface area contributed by atoms with Crippen molar-refractivity contribution in [2.45, 2.75) is 19.4 Å². The summed E-state index contributed by atoms with van der Waals surface area (Å²) >= 11 is 5.11. The summed E-state index contributed by atoms with van der Waals surface area (Å²) < 4.78 is 0. The Morgan fingerprint density at radius 3 is 2.95 bits per heavy atom. The fourth-order valence-corrected chi connectivity index (χ4v) is 2.74. The summed E-state index contributed by atoms with van der Waals surface area (Å²) in [5.74, 6) is 0.743. The Kier molecular flexibility index (Phi) is 2.91. The molecule has 1 aromatic heterocycles. The van der Waals surface area contributed by atoms with Gasteiger partial charge in [-0.25, -0.2) is 0 Å². The lowest BCUT2D eigenvalue weighted by Crippen LogP contribution is -2.28. The van der Waals surface area contributed by atoms with E-state index in [2.05, 4.69) is 40.2 Å². The van der Waals surface area contributed by atoms with Gasteiger partial charge in [-0.1, -0.05) is 30.4 Å². The molecule has 2 heterocycles. The van der Waals surface area contributed by atoms with Crippen molar-refractivity contribution in [2.75, 3.05) is 4.90 Å². The molecule has 0 radical (unpaired) electrons. The number of rotatable bonds is 2. The average Bonchev–Trinajstić information content (AvgIpc) is 2.74. The van der Waals surface area contributed by atoms with E-state index in [-0.39, 0.29) is 0 Å². The zero-order chi connectivity index (χ0) is 13.4. The van der Waals surface area contributed by atoms with Gasteiger partial charge in [0.25, 0.3) is 0 Å². The largest absolute Gasteiger partial charge is 0.389 e. The second-order valence-electron chi connectivity index (χ2n) is 4.68. The number of nitrogens with zero attached hydrogens (tertiary/aromatic N) is 3. The second kappa shape index (κ2) is 4.59. The van der Waals surface area contributed by atoms with Gasteiger partial charge >= 0.3 is 0 Å². The Morgan fingerprint density at radius 1 is 1.37 bits per heavy atom. The lowest BCUT2D eigenvalue weighted by atomic mass is 10.1. The molecule has 96 valence electrons. The fourth-order valence-electron chi connectivity index (χ4n) is 2.58. The van der Waals surface area contributed by atoms with Gasteiger partial charge in [0.2, 0.25) is 0 Å². The van der Waals surface area contributed by atoms with Gasteiger partial charge in [-0.15, -0.1) is 5.10 Å². The zero-order valence-electron chi connectivity index (χ0n) is 10.6. The van der Waals surface area contributed by atoms with Crippen LogP contribution in [0.15, 0.2) is 36.5 Å². The van der Waals surface area contributed by atoms with Gasteiger partial charge in [-0.2, -0.15) is 5.10 Å². The van der Waals surface area contributed by atoms with E-state index in [1.165, 1.54) is 5.56 Å². The van der Waals surface area contributed by atoms with Crippen LogP contribution in [0.1, 0.15) is 18.1 Å². The Labute approximate surface area is 117 Å². The van der Waals surface area contributed by atoms with Gasteiger partial charge in [0.1, 0.15) is 4.99 Å². The zero-order valence-corrected chi connectivity index (χ0v) is 11.4. The Hall–Kier alpha value is -2.01. The molecule has 1 aliphatic rings. The molecule has 1 aromatic carbocycles. The molecule has 0 fully saturated rings. The molecule has 5 heteroatoms. The van der Waals surface area contributed by atoms with E-state index in [1.54, 1.807) is 6.20 Å². The Morgan fingerprint density at radius 2 is 2.16 bits per heavy atom. The second-order valence-corrected chi connectivity index (χ2v) is 5.12. The van der Waals surface area contributed by atoms with Gasteiger partial charge in [-0.05, 0) is 31.0 Å². The van der Waals surface area contributed by atoms with Gasteiger partial charge in [0.15, 0.2) is 5.82 Å². The molecule has 0 aliphatic carbocycles. The average molecular weight is 270 g/mol. The van der Waals surface area contributed by atoms with Crippen molar-refractivity contribution in [3.8, 4) is 0 Å². The number of hydrogen-bond acceptors (Lipinski definition) is 4. The summed E-state index contributed by atoms with van der Waals surface area (Å²) in [6.07, 6.45) is 2.61. The van der Waals surface area contributed by atoms with Crippen LogP contribution in [0.2, 0.25) is 0 Å². The molecule has 1 unspecified atom stereocenters. The third-order valence-electron chi connectivity index (χ3n) is 3.40. The maximum absolute atomic E-state index is 5.78. The fraction of sp³-hybridized carbons (Fsp3) is 0.214. The number of thiocarbonyl (C=S) groups is 1. The summed E-state index contributed by atoms with van der Waals surface area (Å²) in [7, 11) is 0. The summed E-state index contributed by atoms with van der Waals surface area (Å²) in [6.45, 7) is 2.16. The SMILES string of the molecule is CC1Cc2ccccc2N1c1nnccc1C(N)=S. The normalized spacial score (nSPS) is 17.3. The first-order valence-electron chi connectivity index (χ1n) is 6.17. The molecule has 0 saturated carbocycles. The molecule has 1 atom stereocenters. The molecule has 4 nitrogen and oxygen atoms in total. The van der Waals surface area contributed by atoms with Gasteiger partial charge in [-0.3, -0.25) is 0 Å². The first-order valence-corrected chi connectivity index (χ1v) is 6.58. The number of anilines is 2. The van der Waals surface area contributed by atoms with Crippen LogP contribution in [0.25, 0.3) is 0 Å². The van der Waals surface area contributed by atoms with E-state index >= 15 is 0 Å². The lowest BCUT2D eigenvalue weighted by molar-refractivity contribution is 0.742. The minimum Gasteiger partial charge on any atom is -0.389 e. The highest BCUT2D eigenvalue weighted by Gasteiger charge is 2.29. The number of benzene rings is 1. The molecule has 0 saturated heterocycles. The van der Waals surface area contributed by atoms with Crippen LogP contribution in [-0.2, 0) is 6.42 Å².